The van der Waals surface area contributed by atoms with Crippen molar-refractivity contribution < 1.29 is 27.6 Å². The minimum atomic E-state index is -0.412. The van der Waals surface area contributed by atoms with Crippen LogP contribution in [0.1, 0.15) is 66.5 Å². The molecule has 8 heteroatoms. The second-order valence-corrected chi connectivity index (χ2v) is 14.3. The van der Waals surface area contributed by atoms with Crippen molar-refractivity contribution in [2.24, 2.45) is 0 Å². The van der Waals surface area contributed by atoms with E-state index in [4.69, 9.17) is 18.6 Å². The van der Waals surface area contributed by atoms with E-state index in [2.05, 4.69) is 110 Å². The molecule has 0 amide bonds. The summed E-state index contributed by atoms with van der Waals surface area (Å²) in [6, 6.07) is 4.58. The number of benzene rings is 1. The van der Waals surface area contributed by atoms with Gasteiger partial charge in [-0.15, -0.1) is 0 Å². The molecule has 2 aliphatic heterocycles. The van der Waals surface area contributed by atoms with Crippen molar-refractivity contribution >= 4 is 25.2 Å². The predicted octanol–water partition coefficient (Wildman–Crippen LogP) is 2.70. The molecule has 2 aliphatic rings. The van der Waals surface area contributed by atoms with E-state index in [0.717, 1.165) is 33.0 Å². The fourth-order valence-electron chi connectivity index (χ4n) is 4.40. The van der Waals surface area contributed by atoms with E-state index < -0.39 is 36.6 Å². The van der Waals surface area contributed by atoms with Crippen molar-refractivity contribution in [2.45, 2.75) is 90.9 Å². The number of rotatable bonds is 6. The SMILES string of the molecule is CC1(C)OB(c2cc(C[N+](C)(C)C)c(B3OC(C)(C)C(C)(C)O3)cc2C[N+](C)(C)C)OC1(C)C. The Labute approximate surface area is 209 Å². The first-order valence-corrected chi connectivity index (χ1v) is 12.5. The van der Waals surface area contributed by atoms with Crippen molar-refractivity contribution in [3.05, 3.63) is 23.3 Å². The van der Waals surface area contributed by atoms with E-state index in [9.17, 15) is 0 Å². The highest BCUT2D eigenvalue weighted by Gasteiger charge is 2.54. The molecule has 0 saturated carbocycles. The van der Waals surface area contributed by atoms with Crippen molar-refractivity contribution in [3.63, 3.8) is 0 Å². The minimum Gasteiger partial charge on any atom is -0.399 e. The van der Waals surface area contributed by atoms with Crippen molar-refractivity contribution in [1.82, 2.24) is 0 Å². The number of quaternary nitrogens is 2. The highest BCUT2D eigenvalue weighted by atomic mass is 16.7. The normalized spacial score (nSPS) is 23.6. The minimum absolute atomic E-state index is 0.393. The first kappa shape index (κ1) is 27.7. The molecule has 2 heterocycles. The van der Waals surface area contributed by atoms with Crippen LogP contribution in [0.3, 0.4) is 0 Å². The highest BCUT2D eigenvalue weighted by molar-refractivity contribution is 6.65. The third kappa shape index (κ3) is 5.58. The Bertz CT molecular complexity index is 822. The summed E-state index contributed by atoms with van der Waals surface area (Å²) in [7, 11) is 12.4. The van der Waals surface area contributed by atoms with Gasteiger partial charge in [0, 0.05) is 11.1 Å². The molecule has 1 aromatic rings. The molecule has 34 heavy (non-hydrogen) atoms. The lowest BCUT2D eigenvalue weighted by Gasteiger charge is -2.32. The summed E-state index contributed by atoms with van der Waals surface area (Å²) in [4.78, 5) is 0. The highest BCUT2D eigenvalue weighted by Crippen LogP contribution is 2.38. The summed E-state index contributed by atoms with van der Waals surface area (Å²) >= 11 is 0. The molecule has 0 N–H and O–H groups in total. The van der Waals surface area contributed by atoms with Crippen LogP contribution in [0.15, 0.2) is 12.1 Å². The van der Waals surface area contributed by atoms with Crippen LogP contribution in [0.2, 0.25) is 0 Å². The standard InChI is InChI=1S/C26H48B2N2O4/c1-23(2)24(3,4)32-27(31-23)21-15-20(18-30(12,13)14)22(16-19(21)17-29(9,10)11)28-33-25(5,6)26(7,8)34-28/h15-16H,17-18H2,1-14H3/q+2. The van der Waals surface area contributed by atoms with Crippen LogP contribution in [0.25, 0.3) is 0 Å². The van der Waals surface area contributed by atoms with Gasteiger partial charge in [-0.25, -0.2) is 0 Å². The largest absolute Gasteiger partial charge is 0.495 e. The summed E-state index contributed by atoms with van der Waals surface area (Å²) in [6.07, 6.45) is 0. The zero-order valence-electron chi connectivity index (χ0n) is 24.3. The van der Waals surface area contributed by atoms with Gasteiger partial charge in [0.05, 0.1) is 64.7 Å². The Morgan fingerprint density at radius 1 is 0.529 bits per heavy atom. The molecule has 0 aliphatic carbocycles. The van der Waals surface area contributed by atoms with Gasteiger partial charge < -0.3 is 27.6 Å². The van der Waals surface area contributed by atoms with Crippen LogP contribution >= 0.6 is 0 Å². The van der Waals surface area contributed by atoms with E-state index in [1.165, 1.54) is 11.1 Å². The van der Waals surface area contributed by atoms with Gasteiger partial charge in [0.15, 0.2) is 0 Å². The fraction of sp³-hybridized carbons (Fsp3) is 0.769. The van der Waals surface area contributed by atoms with Gasteiger partial charge in [0.2, 0.25) is 0 Å². The Kier molecular flexibility index (Phi) is 6.78. The van der Waals surface area contributed by atoms with E-state index >= 15 is 0 Å². The zero-order chi connectivity index (χ0) is 26.1. The lowest BCUT2D eigenvalue weighted by Crippen LogP contribution is -2.47. The van der Waals surface area contributed by atoms with Crippen LogP contribution < -0.4 is 10.9 Å². The summed E-state index contributed by atoms with van der Waals surface area (Å²) in [5, 5.41) is 0. The Balaban J connectivity index is 2.18. The summed E-state index contributed by atoms with van der Waals surface area (Å²) in [6.45, 7) is 18.6. The van der Waals surface area contributed by atoms with Crippen LogP contribution in [0.4, 0.5) is 0 Å². The van der Waals surface area contributed by atoms with Gasteiger partial charge in [0.25, 0.3) is 0 Å². The second-order valence-electron chi connectivity index (χ2n) is 14.3. The molecule has 0 aromatic heterocycles. The molecule has 2 saturated heterocycles. The van der Waals surface area contributed by atoms with Crippen molar-refractivity contribution in [1.29, 1.82) is 0 Å². The number of hydrogen-bond donors (Lipinski definition) is 0. The summed E-state index contributed by atoms with van der Waals surface area (Å²) in [5.41, 5.74) is 3.06. The third-order valence-corrected chi connectivity index (χ3v) is 7.70. The predicted molar refractivity (Wildman–Crippen MR) is 141 cm³/mol. The molecular weight excluding hydrogens is 426 g/mol. The Morgan fingerprint density at radius 2 is 0.765 bits per heavy atom. The molecular formula is C26H48B2N2O4+2. The van der Waals surface area contributed by atoms with E-state index in [-0.39, 0.29) is 0 Å². The van der Waals surface area contributed by atoms with E-state index in [1.807, 2.05) is 0 Å². The van der Waals surface area contributed by atoms with E-state index in [0.29, 0.717) is 0 Å². The maximum Gasteiger partial charge on any atom is 0.495 e. The maximum atomic E-state index is 6.53. The molecule has 0 spiro atoms. The molecule has 190 valence electrons. The maximum absolute atomic E-state index is 6.53. The fourth-order valence-corrected chi connectivity index (χ4v) is 4.40. The van der Waals surface area contributed by atoms with Gasteiger partial charge in [0.1, 0.15) is 13.1 Å². The van der Waals surface area contributed by atoms with Crippen LogP contribution in [-0.4, -0.2) is 87.9 Å². The lowest BCUT2D eigenvalue weighted by molar-refractivity contribution is -0.884. The van der Waals surface area contributed by atoms with Gasteiger partial charge in [-0.05, 0) is 66.3 Å². The van der Waals surface area contributed by atoms with Gasteiger partial charge in [-0.2, -0.15) is 0 Å². The monoisotopic (exact) mass is 474 g/mol. The molecule has 0 atom stereocenters. The summed E-state index contributed by atoms with van der Waals surface area (Å²) < 4.78 is 27.7. The summed E-state index contributed by atoms with van der Waals surface area (Å²) in [5.74, 6) is 0. The average Bonchev–Trinajstić information content (AvgIpc) is 2.92. The third-order valence-electron chi connectivity index (χ3n) is 7.70. The zero-order valence-corrected chi connectivity index (χ0v) is 24.3. The van der Waals surface area contributed by atoms with Crippen molar-refractivity contribution in [2.75, 3.05) is 42.3 Å². The van der Waals surface area contributed by atoms with Crippen LogP contribution in [0.5, 0.6) is 0 Å². The lowest BCUT2D eigenvalue weighted by atomic mass is 9.68. The van der Waals surface area contributed by atoms with Crippen molar-refractivity contribution in [3.8, 4) is 0 Å². The molecule has 1 aromatic carbocycles. The van der Waals surface area contributed by atoms with Crippen LogP contribution in [-0.2, 0) is 31.7 Å². The topological polar surface area (TPSA) is 36.9 Å². The van der Waals surface area contributed by atoms with Gasteiger partial charge >= 0.3 is 14.2 Å². The van der Waals surface area contributed by atoms with Crippen LogP contribution in [0, 0.1) is 0 Å². The molecule has 3 rings (SSSR count). The Hall–Kier alpha value is -0.890. The smallest absolute Gasteiger partial charge is 0.399 e. The number of nitrogens with zero attached hydrogens (tertiary/aromatic N) is 2. The van der Waals surface area contributed by atoms with Gasteiger partial charge in [-0.3, -0.25) is 0 Å². The quantitative estimate of drug-likeness (QED) is 0.470. The van der Waals surface area contributed by atoms with E-state index in [1.54, 1.807) is 0 Å². The first-order valence-electron chi connectivity index (χ1n) is 12.5. The second kappa shape index (κ2) is 8.32. The Morgan fingerprint density at radius 3 is 0.971 bits per heavy atom. The molecule has 6 nitrogen and oxygen atoms in total. The van der Waals surface area contributed by atoms with Gasteiger partial charge in [-0.1, -0.05) is 12.1 Å². The molecule has 0 unspecified atom stereocenters. The average molecular weight is 474 g/mol. The molecule has 0 bridgehead atoms. The first-order chi connectivity index (χ1) is 15.0. The molecule has 2 fully saturated rings. The number of hydrogen-bond acceptors (Lipinski definition) is 4. The molecule has 0 radical (unpaired) electrons.